The zero-order chi connectivity index (χ0) is 19.4. The van der Waals surface area contributed by atoms with E-state index in [-0.39, 0.29) is 5.41 Å². The largest absolute Gasteiger partial charge is 0.379 e. The highest BCUT2D eigenvalue weighted by Crippen LogP contribution is 2.26. The van der Waals surface area contributed by atoms with E-state index in [0.717, 1.165) is 16.8 Å². The van der Waals surface area contributed by atoms with Crippen LogP contribution in [0.3, 0.4) is 0 Å². The highest BCUT2D eigenvalue weighted by Gasteiger charge is 2.23. The molecule has 0 aromatic heterocycles. The van der Waals surface area contributed by atoms with E-state index in [9.17, 15) is 9.59 Å². The van der Waals surface area contributed by atoms with Gasteiger partial charge in [-0.1, -0.05) is 32.9 Å². The van der Waals surface area contributed by atoms with Crippen molar-refractivity contribution in [2.75, 3.05) is 17.2 Å². The van der Waals surface area contributed by atoms with Crippen LogP contribution in [0.1, 0.15) is 31.9 Å². The highest BCUT2D eigenvalue weighted by atomic mass is 32.2. The molecule has 25 heavy (non-hydrogen) atoms. The minimum Gasteiger partial charge on any atom is -0.379 e. The predicted octanol–water partition coefficient (Wildman–Crippen LogP) is 1.57. The molecule has 0 fully saturated rings. The van der Waals surface area contributed by atoms with E-state index in [0.29, 0.717) is 17.9 Å². The smallest absolute Gasteiger partial charge is 0.253 e. The molecule has 8 heteroatoms. The molecule has 0 radical (unpaired) electrons. The van der Waals surface area contributed by atoms with Gasteiger partial charge in [-0.3, -0.25) is 9.59 Å². The minimum absolute atomic E-state index is 0.0380. The fraction of sp³-hybridized carbons (Fsp3) is 0.412. The average molecular weight is 367 g/mol. The summed E-state index contributed by atoms with van der Waals surface area (Å²) >= 11 is 0. The molecule has 0 aliphatic heterocycles. The molecule has 2 aromatic rings. The van der Waals surface area contributed by atoms with Gasteiger partial charge in [-0.2, -0.15) is 0 Å². The van der Waals surface area contributed by atoms with Crippen LogP contribution >= 0.6 is 0 Å². The number of nitrogens with one attached hydrogen (secondary N) is 2. The number of hydrogen-bond acceptors (Lipinski definition) is 6. The molecule has 0 atom stereocenters. The summed E-state index contributed by atoms with van der Waals surface area (Å²) in [5, 5.41) is 10.3. The molecular formula is C17H25N3O4S. The van der Waals surface area contributed by atoms with Gasteiger partial charge >= 0.3 is 0 Å². The van der Waals surface area contributed by atoms with Gasteiger partial charge in [0.1, 0.15) is 11.4 Å². The van der Waals surface area contributed by atoms with E-state index in [2.05, 4.69) is 36.5 Å². The molecule has 0 heterocycles. The van der Waals surface area contributed by atoms with E-state index in [1.165, 1.54) is 0 Å². The van der Waals surface area contributed by atoms with Crippen molar-refractivity contribution in [2.45, 2.75) is 34.6 Å². The third kappa shape index (κ3) is 5.99. The fourth-order valence-corrected chi connectivity index (χ4v) is 2.05. The van der Waals surface area contributed by atoms with Gasteiger partial charge in [-0.15, -0.1) is 0 Å². The zero-order valence-corrected chi connectivity index (χ0v) is 16.0. The van der Waals surface area contributed by atoms with Gasteiger partial charge in [0.25, 0.3) is 10.9 Å². The van der Waals surface area contributed by atoms with Gasteiger partial charge < -0.3 is 10.6 Å². The lowest BCUT2D eigenvalue weighted by Crippen LogP contribution is -2.38. The minimum atomic E-state index is -2.62. The SMILES string of the molecule is Cc1cccc(Nc2c(NCC(C)(C)C)c(=O)c2=O)c1C.N[SH](=O)=O. The summed E-state index contributed by atoms with van der Waals surface area (Å²) in [6.45, 7) is 10.9. The van der Waals surface area contributed by atoms with E-state index in [1.807, 2.05) is 32.0 Å². The Balaban J connectivity index is 0.000000705. The molecule has 2 aromatic carbocycles. The molecule has 4 N–H and O–H groups in total. The Bertz CT molecular complexity index is 880. The Morgan fingerprint density at radius 1 is 1.04 bits per heavy atom. The average Bonchev–Trinajstić information content (AvgIpc) is 2.48. The molecule has 7 nitrogen and oxygen atoms in total. The van der Waals surface area contributed by atoms with Crippen molar-refractivity contribution < 1.29 is 8.42 Å². The second-order valence-electron chi connectivity index (χ2n) is 6.98. The Morgan fingerprint density at radius 3 is 2.08 bits per heavy atom. The molecule has 0 bridgehead atoms. The molecule has 2 rings (SSSR count). The normalized spacial score (nSPS) is 11.2. The van der Waals surface area contributed by atoms with Crippen molar-refractivity contribution in [3.63, 3.8) is 0 Å². The topological polar surface area (TPSA) is 118 Å². The Labute approximate surface area is 149 Å². The van der Waals surface area contributed by atoms with Gasteiger partial charge in [-0.25, -0.2) is 13.6 Å². The summed E-state index contributed by atoms with van der Waals surface area (Å²) in [4.78, 5) is 23.5. The van der Waals surface area contributed by atoms with Crippen molar-refractivity contribution in [1.29, 1.82) is 0 Å². The van der Waals surface area contributed by atoms with Gasteiger partial charge in [0.15, 0.2) is 10.9 Å². The first-order valence-electron chi connectivity index (χ1n) is 7.73. The van der Waals surface area contributed by atoms with Crippen LogP contribution in [0, 0.1) is 19.3 Å². The van der Waals surface area contributed by atoms with Crippen LogP contribution in [0.4, 0.5) is 17.1 Å². The first kappa shape index (κ1) is 20.9. The summed E-state index contributed by atoms with van der Waals surface area (Å²) in [5.41, 5.74) is 3.00. The first-order chi connectivity index (χ1) is 11.4. The van der Waals surface area contributed by atoms with Crippen molar-refractivity contribution in [1.82, 2.24) is 0 Å². The summed E-state index contributed by atoms with van der Waals surface area (Å²) in [6, 6.07) is 5.85. The molecule has 0 aliphatic carbocycles. The van der Waals surface area contributed by atoms with Crippen molar-refractivity contribution in [3.05, 3.63) is 49.8 Å². The molecule has 138 valence electrons. The molecule has 0 saturated heterocycles. The van der Waals surface area contributed by atoms with Crippen LogP contribution in [0.5, 0.6) is 0 Å². The quantitative estimate of drug-likeness (QED) is 0.481. The van der Waals surface area contributed by atoms with Gasteiger partial charge in [0, 0.05) is 12.2 Å². The van der Waals surface area contributed by atoms with E-state index >= 15 is 0 Å². The maximum absolute atomic E-state index is 11.8. The molecule has 0 amide bonds. The zero-order valence-electron chi connectivity index (χ0n) is 15.1. The maximum atomic E-state index is 11.8. The van der Waals surface area contributed by atoms with Crippen LogP contribution in [0.25, 0.3) is 0 Å². The van der Waals surface area contributed by atoms with Crippen LogP contribution < -0.4 is 26.6 Å². The molecule has 0 spiro atoms. The third-order valence-corrected chi connectivity index (χ3v) is 3.57. The second kappa shape index (κ2) is 8.26. The lowest BCUT2D eigenvalue weighted by atomic mass is 9.96. The number of hydrogen-bond donors (Lipinski definition) is 4. The standard InChI is InChI=1S/C17H22N2O2.H3NO2S/c1-10-7-6-8-12(11(10)2)19-14-13(15(20)16(14)21)18-9-17(3,4)5;1-4(2)3/h6-8,18-19H,9H2,1-5H3;4H,(H2,1,2,3). The number of rotatable bonds is 4. The van der Waals surface area contributed by atoms with Crippen molar-refractivity contribution in [2.24, 2.45) is 10.6 Å². The molecule has 0 saturated carbocycles. The maximum Gasteiger partial charge on any atom is 0.253 e. The number of benzene rings is 1. The summed E-state index contributed by atoms with van der Waals surface area (Å²) in [7, 11) is -2.62. The summed E-state index contributed by atoms with van der Waals surface area (Å²) < 4.78 is 17.6. The van der Waals surface area contributed by atoms with E-state index < -0.39 is 21.7 Å². The number of anilines is 3. The van der Waals surface area contributed by atoms with Gasteiger partial charge in [0.2, 0.25) is 0 Å². The highest BCUT2D eigenvalue weighted by molar-refractivity contribution is 7.69. The molecule has 0 unspecified atom stereocenters. The van der Waals surface area contributed by atoms with Gasteiger partial charge in [-0.05, 0) is 36.5 Å². The van der Waals surface area contributed by atoms with Crippen LogP contribution in [0.15, 0.2) is 27.8 Å². The monoisotopic (exact) mass is 367 g/mol. The van der Waals surface area contributed by atoms with Crippen LogP contribution in [-0.4, -0.2) is 15.0 Å². The summed E-state index contributed by atoms with van der Waals surface area (Å²) in [5.74, 6) is 0. The summed E-state index contributed by atoms with van der Waals surface area (Å²) in [6.07, 6.45) is 0. The van der Waals surface area contributed by atoms with Crippen LogP contribution in [0.2, 0.25) is 0 Å². The predicted molar refractivity (Wildman–Crippen MR) is 103 cm³/mol. The number of nitrogens with two attached hydrogens (primary N) is 1. The first-order valence-corrected chi connectivity index (χ1v) is 8.98. The Hall–Kier alpha value is -2.19. The van der Waals surface area contributed by atoms with Crippen molar-refractivity contribution in [3.8, 4) is 0 Å². The van der Waals surface area contributed by atoms with Gasteiger partial charge in [0.05, 0.1) is 0 Å². The number of aryl methyl sites for hydroxylation is 1. The van der Waals surface area contributed by atoms with Crippen LogP contribution in [-0.2, 0) is 10.9 Å². The third-order valence-electron chi connectivity index (χ3n) is 3.57. The molecule has 0 aliphatic rings. The number of thiol groups is 1. The van der Waals surface area contributed by atoms with E-state index in [4.69, 9.17) is 8.42 Å². The molecular weight excluding hydrogens is 342 g/mol. The Kier molecular flexibility index (Phi) is 6.89. The second-order valence-corrected chi connectivity index (χ2v) is 7.55. The fourth-order valence-electron chi connectivity index (χ4n) is 2.05. The van der Waals surface area contributed by atoms with E-state index in [1.54, 1.807) is 0 Å². The Morgan fingerprint density at radius 2 is 1.56 bits per heavy atom. The lowest BCUT2D eigenvalue weighted by molar-refractivity contribution is 0.443. The van der Waals surface area contributed by atoms with Crippen molar-refractivity contribution >= 4 is 28.0 Å². The lowest BCUT2D eigenvalue weighted by Gasteiger charge is -2.22.